The Morgan fingerprint density at radius 2 is 0.514 bits per heavy atom. The minimum Gasteiger partial charge on any atom is -0.287 e. The molecule has 0 fully saturated rings. The van der Waals surface area contributed by atoms with E-state index in [-0.39, 0.29) is 0 Å². The quantitative estimate of drug-likeness (QED) is 0.0621. The van der Waals surface area contributed by atoms with E-state index in [0.717, 1.165) is 38.5 Å². The molecule has 0 spiro atoms. The molecule has 4 nitrogen and oxygen atoms in total. The van der Waals surface area contributed by atoms with E-state index in [9.17, 15) is 4.57 Å². The van der Waals surface area contributed by atoms with Gasteiger partial charge in [-0.1, -0.05) is 168 Å². The maximum atomic E-state index is 13.2. The van der Waals surface area contributed by atoms with Gasteiger partial charge in [-0.2, -0.15) is 0 Å². The normalized spacial score (nSPS) is 12.0. The lowest BCUT2D eigenvalue weighted by atomic mass is 10.0. The summed E-state index contributed by atoms with van der Waals surface area (Å²) in [4.78, 5) is 0. The fraction of sp³-hybridized carbons (Fsp3) is 1.00. The first-order valence-electron chi connectivity index (χ1n) is 16.7. The van der Waals surface area contributed by atoms with Gasteiger partial charge in [0.05, 0.1) is 19.8 Å². The van der Waals surface area contributed by atoms with Gasteiger partial charge in [0, 0.05) is 0 Å². The Labute approximate surface area is 233 Å². The van der Waals surface area contributed by atoms with Crippen LogP contribution in [0.25, 0.3) is 0 Å². The molecule has 0 aliphatic rings. The van der Waals surface area contributed by atoms with E-state index in [2.05, 4.69) is 20.8 Å². The van der Waals surface area contributed by atoms with E-state index < -0.39 is 7.82 Å². The molecule has 0 heterocycles. The maximum Gasteiger partial charge on any atom is 0.474 e. The molecule has 0 aromatic rings. The highest BCUT2D eigenvalue weighted by Crippen LogP contribution is 2.50. The lowest BCUT2D eigenvalue weighted by molar-refractivity contribution is 0.108. The molecular weight excluding hydrogens is 479 g/mol. The Kier molecular flexibility index (Phi) is 30.7. The summed E-state index contributed by atoms with van der Waals surface area (Å²) in [5.41, 5.74) is 0. The number of hydrogen-bond acceptors (Lipinski definition) is 4. The molecule has 0 rings (SSSR count). The van der Waals surface area contributed by atoms with Crippen LogP contribution >= 0.6 is 7.82 Å². The summed E-state index contributed by atoms with van der Waals surface area (Å²) in [6.07, 6.45) is 32.8. The predicted octanol–water partition coefficient (Wildman–Crippen LogP) is 12.3. The minimum atomic E-state index is -3.43. The topological polar surface area (TPSA) is 44.8 Å². The summed E-state index contributed by atoms with van der Waals surface area (Å²) in [7, 11) is -3.43. The van der Waals surface area contributed by atoms with Crippen LogP contribution in [0, 0.1) is 0 Å². The third kappa shape index (κ3) is 28.9. The van der Waals surface area contributed by atoms with Gasteiger partial charge < -0.3 is 0 Å². The molecule has 0 amide bonds. The second kappa shape index (κ2) is 30.6. The molecule has 0 atom stereocenters. The fourth-order valence-corrected chi connectivity index (χ4v) is 5.98. The van der Waals surface area contributed by atoms with Crippen LogP contribution in [0.1, 0.15) is 188 Å². The van der Waals surface area contributed by atoms with Crippen LogP contribution in [0.2, 0.25) is 0 Å². The number of rotatable bonds is 32. The summed E-state index contributed by atoms with van der Waals surface area (Å²) in [6, 6.07) is 0. The van der Waals surface area contributed by atoms with Crippen LogP contribution in [-0.4, -0.2) is 19.8 Å². The molecule has 0 bridgehead atoms. The van der Waals surface area contributed by atoms with Gasteiger partial charge in [0.2, 0.25) is 0 Å². The van der Waals surface area contributed by atoms with Crippen LogP contribution in [0.4, 0.5) is 0 Å². The third-order valence-corrected chi connectivity index (χ3v) is 8.74. The smallest absolute Gasteiger partial charge is 0.287 e. The van der Waals surface area contributed by atoms with Gasteiger partial charge in [-0.25, -0.2) is 4.57 Å². The van der Waals surface area contributed by atoms with E-state index in [4.69, 9.17) is 13.6 Å². The van der Waals surface area contributed by atoms with Crippen molar-refractivity contribution >= 4 is 7.82 Å². The summed E-state index contributed by atoms with van der Waals surface area (Å²) in [6.45, 7) is 8.16. The van der Waals surface area contributed by atoms with Crippen LogP contribution < -0.4 is 0 Å². The molecule has 5 heteroatoms. The van der Waals surface area contributed by atoms with Gasteiger partial charge in [0.25, 0.3) is 0 Å². The molecule has 224 valence electrons. The Morgan fingerprint density at radius 1 is 0.324 bits per heavy atom. The van der Waals surface area contributed by atoms with E-state index in [1.165, 1.54) is 128 Å². The molecule has 0 aliphatic heterocycles. The SMILES string of the molecule is CCCCCCCCCCCCCCCCOP(=O)(OCCCCCCCC)OCCCCCCCC. The van der Waals surface area contributed by atoms with Gasteiger partial charge in [-0.3, -0.25) is 13.6 Å². The molecule has 0 saturated carbocycles. The second-order valence-corrected chi connectivity index (χ2v) is 12.7. The highest BCUT2D eigenvalue weighted by molar-refractivity contribution is 7.48. The zero-order valence-electron chi connectivity index (χ0n) is 25.6. The third-order valence-electron chi connectivity index (χ3n) is 7.24. The van der Waals surface area contributed by atoms with Gasteiger partial charge in [-0.05, 0) is 19.3 Å². The van der Waals surface area contributed by atoms with E-state index >= 15 is 0 Å². The molecule has 37 heavy (non-hydrogen) atoms. The monoisotopic (exact) mass is 546 g/mol. The van der Waals surface area contributed by atoms with E-state index in [1.54, 1.807) is 0 Å². The average molecular weight is 547 g/mol. The molecule has 0 aliphatic carbocycles. The van der Waals surface area contributed by atoms with Crippen LogP contribution in [0.3, 0.4) is 0 Å². The highest BCUT2D eigenvalue weighted by Gasteiger charge is 2.26. The largest absolute Gasteiger partial charge is 0.474 e. The van der Waals surface area contributed by atoms with Crippen molar-refractivity contribution in [1.29, 1.82) is 0 Å². The van der Waals surface area contributed by atoms with Crippen molar-refractivity contribution < 1.29 is 18.1 Å². The minimum absolute atomic E-state index is 0.471. The van der Waals surface area contributed by atoms with Gasteiger partial charge in [0.15, 0.2) is 0 Å². The van der Waals surface area contributed by atoms with E-state index in [1.807, 2.05) is 0 Å². The predicted molar refractivity (Wildman–Crippen MR) is 163 cm³/mol. The first-order chi connectivity index (χ1) is 18.2. The zero-order valence-corrected chi connectivity index (χ0v) is 26.5. The number of phosphoric ester groups is 1. The van der Waals surface area contributed by atoms with Gasteiger partial charge >= 0.3 is 7.82 Å². The Morgan fingerprint density at radius 3 is 0.730 bits per heavy atom. The highest BCUT2D eigenvalue weighted by atomic mass is 31.2. The Hall–Kier alpha value is 0.110. The molecule has 0 saturated heterocycles. The number of unbranched alkanes of at least 4 members (excludes halogenated alkanes) is 23. The first kappa shape index (κ1) is 37.1. The molecule has 0 radical (unpaired) electrons. The summed E-state index contributed by atoms with van der Waals surface area (Å²) < 4.78 is 30.3. The van der Waals surface area contributed by atoms with Crippen molar-refractivity contribution in [2.75, 3.05) is 19.8 Å². The van der Waals surface area contributed by atoms with Crippen LogP contribution in [-0.2, 0) is 18.1 Å². The van der Waals surface area contributed by atoms with E-state index in [0.29, 0.717) is 19.8 Å². The molecule has 0 N–H and O–H groups in total. The Balaban J connectivity index is 3.90. The van der Waals surface area contributed by atoms with Crippen molar-refractivity contribution in [1.82, 2.24) is 0 Å². The lowest BCUT2D eigenvalue weighted by Gasteiger charge is -2.18. The molecule has 0 aromatic carbocycles. The summed E-state index contributed by atoms with van der Waals surface area (Å²) in [5, 5.41) is 0. The zero-order chi connectivity index (χ0) is 27.1. The fourth-order valence-electron chi connectivity index (χ4n) is 4.70. The maximum absolute atomic E-state index is 13.2. The van der Waals surface area contributed by atoms with Crippen molar-refractivity contribution in [3.05, 3.63) is 0 Å². The van der Waals surface area contributed by atoms with Crippen LogP contribution in [0.15, 0.2) is 0 Å². The number of hydrogen-bond donors (Lipinski definition) is 0. The van der Waals surface area contributed by atoms with Crippen molar-refractivity contribution in [3.8, 4) is 0 Å². The van der Waals surface area contributed by atoms with Crippen LogP contribution in [0.5, 0.6) is 0 Å². The molecule has 0 aromatic heterocycles. The first-order valence-corrected chi connectivity index (χ1v) is 18.2. The van der Waals surface area contributed by atoms with Crippen molar-refractivity contribution in [2.24, 2.45) is 0 Å². The molecular formula is C32H67O4P. The van der Waals surface area contributed by atoms with Gasteiger partial charge in [0.1, 0.15) is 0 Å². The van der Waals surface area contributed by atoms with Crippen molar-refractivity contribution in [2.45, 2.75) is 188 Å². The second-order valence-electron chi connectivity index (χ2n) is 11.1. The Bertz CT molecular complexity index is 450. The lowest BCUT2D eigenvalue weighted by Crippen LogP contribution is -2.04. The van der Waals surface area contributed by atoms with Gasteiger partial charge in [-0.15, -0.1) is 0 Å². The standard InChI is InChI=1S/C32H67O4P/c1-4-7-10-13-16-17-18-19-20-21-22-23-26-29-32-36-37(33,34-30-27-24-14-11-8-5-2)35-31-28-25-15-12-9-6-3/h4-32H2,1-3H3. The summed E-state index contributed by atoms with van der Waals surface area (Å²) in [5.74, 6) is 0. The molecule has 0 unspecified atom stereocenters. The number of phosphoric acid groups is 1. The van der Waals surface area contributed by atoms with Crippen molar-refractivity contribution in [3.63, 3.8) is 0 Å². The summed E-state index contributed by atoms with van der Waals surface area (Å²) >= 11 is 0. The average Bonchev–Trinajstić information content (AvgIpc) is 2.90.